The summed E-state index contributed by atoms with van der Waals surface area (Å²) in [6.07, 6.45) is 1.91. The number of hydrogen-bond donors (Lipinski definition) is 1. The third-order valence-electron chi connectivity index (χ3n) is 2.95. The normalized spacial score (nSPS) is 8.57. The van der Waals surface area contributed by atoms with Crippen molar-refractivity contribution in [1.29, 1.82) is 15.8 Å². The SMILES string of the molecule is Cc1cc(-c2ccc(C#N)n2C)ccc1NC#N.N#CBr. The molecule has 0 aliphatic heterocycles. The van der Waals surface area contributed by atoms with Gasteiger partial charge in [-0.15, -0.1) is 0 Å². The molecule has 0 aliphatic rings. The van der Waals surface area contributed by atoms with E-state index in [4.69, 9.17) is 15.8 Å². The average molecular weight is 342 g/mol. The van der Waals surface area contributed by atoms with Gasteiger partial charge in [-0.3, -0.25) is 5.32 Å². The summed E-state index contributed by atoms with van der Waals surface area (Å²) < 4.78 is 1.85. The summed E-state index contributed by atoms with van der Waals surface area (Å²) in [7, 11) is 1.87. The number of hydrogen-bond acceptors (Lipinski definition) is 4. The summed E-state index contributed by atoms with van der Waals surface area (Å²) in [5.74, 6) is 0. The summed E-state index contributed by atoms with van der Waals surface area (Å²) in [6.45, 7) is 1.94. The van der Waals surface area contributed by atoms with E-state index in [1.54, 1.807) is 11.0 Å². The summed E-state index contributed by atoms with van der Waals surface area (Å²) in [5, 5.41) is 27.4. The third-order valence-corrected chi connectivity index (χ3v) is 2.95. The lowest BCUT2D eigenvalue weighted by atomic mass is 10.1. The Labute approximate surface area is 131 Å². The Hall–Kier alpha value is -2.75. The van der Waals surface area contributed by atoms with Gasteiger partial charge in [0.1, 0.15) is 16.7 Å². The first kappa shape index (κ1) is 16.3. The number of benzene rings is 1. The van der Waals surface area contributed by atoms with Crippen molar-refractivity contribution in [2.45, 2.75) is 6.92 Å². The van der Waals surface area contributed by atoms with E-state index in [0.717, 1.165) is 22.5 Å². The molecule has 0 fully saturated rings. The molecule has 0 amide bonds. The van der Waals surface area contributed by atoms with Gasteiger partial charge in [-0.2, -0.15) is 15.8 Å². The lowest BCUT2D eigenvalue weighted by Gasteiger charge is -2.08. The summed E-state index contributed by atoms with van der Waals surface area (Å²) in [6, 6.07) is 11.7. The Balaban J connectivity index is 0.000000677. The lowest BCUT2D eigenvalue weighted by molar-refractivity contribution is 0.917. The molecular formula is C15H12BrN5. The average Bonchev–Trinajstić information content (AvgIpc) is 2.83. The third kappa shape index (κ3) is 3.86. The highest BCUT2D eigenvalue weighted by atomic mass is 79.9. The van der Waals surface area contributed by atoms with Crippen molar-refractivity contribution in [1.82, 2.24) is 4.57 Å². The maximum absolute atomic E-state index is 8.93. The Morgan fingerprint density at radius 1 is 1.14 bits per heavy atom. The van der Waals surface area contributed by atoms with Crippen molar-refractivity contribution in [3.8, 4) is 28.5 Å². The highest BCUT2D eigenvalue weighted by Gasteiger charge is 2.07. The topological polar surface area (TPSA) is 88.3 Å². The summed E-state index contributed by atoms with van der Waals surface area (Å²) in [5.41, 5.74) is 4.43. The maximum Gasteiger partial charge on any atom is 0.181 e. The number of nitrogens with one attached hydrogen (secondary N) is 1. The molecule has 0 unspecified atom stereocenters. The fourth-order valence-corrected chi connectivity index (χ4v) is 1.94. The summed E-state index contributed by atoms with van der Waals surface area (Å²) >= 11 is 2.45. The molecule has 1 aromatic heterocycles. The van der Waals surface area contributed by atoms with E-state index in [1.807, 2.05) is 49.0 Å². The van der Waals surface area contributed by atoms with Gasteiger partial charge < -0.3 is 4.57 Å². The fourth-order valence-electron chi connectivity index (χ4n) is 1.94. The minimum atomic E-state index is 0.627. The second kappa shape index (κ2) is 7.75. The van der Waals surface area contributed by atoms with Gasteiger partial charge >= 0.3 is 0 Å². The zero-order chi connectivity index (χ0) is 15.8. The molecule has 0 radical (unpaired) electrons. The smallest absolute Gasteiger partial charge is 0.181 e. The molecule has 1 aromatic carbocycles. The van der Waals surface area contributed by atoms with Crippen molar-refractivity contribution in [2.75, 3.05) is 5.32 Å². The largest absolute Gasteiger partial charge is 0.335 e. The van der Waals surface area contributed by atoms with E-state index in [0.29, 0.717) is 5.69 Å². The molecular weight excluding hydrogens is 330 g/mol. The van der Waals surface area contributed by atoms with Crippen molar-refractivity contribution < 1.29 is 0 Å². The van der Waals surface area contributed by atoms with Crippen LogP contribution in [-0.2, 0) is 7.05 Å². The van der Waals surface area contributed by atoms with Gasteiger partial charge in [0.25, 0.3) is 0 Å². The van der Waals surface area contributed by atoms with Gasteiger partial charge in [0.2, 0.25) is 0 Å². The molecule has 6 heteroatoms. The first-order valence-electron chi connectivity index (χ1n) is 5.90. The van der Waals surface area contributed by atoms with Crippen molar-refractivity contribution >= 4 is 21.6 Å². The van der Waals surface area contributed by atoms with Crippen molar-refractivity contribution in [2.24, 2.45) is 7.05 Å². The molecule has 1 N–H and O–H groups in total. The van der Waals surface area contributed by atoms with E-state index in [1.165, 1.54) is 0 Å². The molecule has 0 bridgehead atoms. The molecule has 21 heavy (non-hydrogen) atoms. The second-order valence-corrected chi connectivity index (χ2v) is 4.48. The van der Waals surface area contributed by atoms with Gasteiger partial charge in [0.15, 0.2) is 6.19 Å². The van der Waals surface area contributed by atoms with E-state index in [9.17, 15) is 0 Å². The monoisotopic (exact) mass is 341 g/mol. The number of aromatic nitrogens is 1. The minimum absolute atomic E-state index is 0.627. The van der Waals surface area contributed by atoms with E-state index in [-0.39, 0.29) is 0 Å². The Morgan fingerprint density at radius 2 is 1.81 bits per heavy atom. The standard InChI is InChI=1S/C14H12N4.CBrN/c1-10-7-11(3-5-13(10)17-9-16)14-6-4-12(8-15)18(14)2;2-1-3/h3-7,17H,1-2H3;. The van der Waals surface area contributed by atoms with Crippen molar-refractivity contribution in [3.63, 3.8) is 0 Å². The van der Waals surface area contributed by atoms with Crippen LogP contribution in [0.5, 0.6) is 0 Å². The number of halogens is 1. The van der Waals surface area contributed by atoms with Gasteiger partial charge in [-0.1, -0.05) is 6.07 Å². The Bertz CT molecular complexity index is 756. The van der Waals surface area contributed by atoms with Crippen LogP contribution < -0.4 is 5.32 Å². The molecule has 0 atom stereocenters. The van der Waals surface area contributed by atoms with Crippen LogP contribution in [0, 0.1) is 40.0 Å². The maximum atomic E-state index is 8.93. The lowest BCUT2D eigenvalue weighted by Crippen LogP contribution is -1.96. The molecule has 0 spiro atoms. The molecule has 2 aromatic rings. The molecule has 1 heterocycles. The van der Waals surface area contributed by atoms with E-state index in [2.05, 4.69) is 27.3 Å². The van der Waals surface area contributed by atoms with Gasteiger partial charge in [-0.05, 0) is 42.3 Å². The number of anilines is 1. The van der Waals surface area contributed by atoms with Crippen LogP contribution in [0.2, 0.25) is 0 Å². The predicted octanol–water partition coefficient (Wildman–Crippen LogP) is 3.63. The summed E-state index contributed by atoms with van der Waals surface area (Å²) in [4.78, 5) is 1.56. The Morgan fingerprint density at radius 3 is 2.29 bits per heavy atom. The van der Waals surface area contributed by atoms with Crippen LogP contribution in [0.25, 0.3) is 11.3 Å². The van der Waals surface area contributed by atoms with Crippen LogP contribution in [0.3, 0.4) is 0 Å². The number of rotatable bonds is 2. The first-order valence-corrected chi connectivity index (χ1v) is 6.70. The molecule has 5 nitrogen and oxygen atoms in total. The fraction of sp³-hybridized carbons (Fsp3) is 0.133. The van der Waals surface area contributed by atoms with Crippen LogP contribution >= 0.6 is 15.9 Å². The van der Waals surface area contributed by atoms with Gasteiger partial charge in [0.05, 0.1) is 5.69 Å². The van der Waals surface area contributed by atoms with Crippen LogP contribution in [0.15, 0.2) is 30.3 Å². The first-order chi connectivity index (χ1) is 10.1. The van der Waals surface area contributed by atoms with Gasteiger partial charge in [0, 0.05) is 28.7 Å². The predicted molar refractivity (Wildman–Crippen MR) is 84.1 cm³/mol. The molecule has 0 saturated heterocycles. The zero-order valence-corrected chi connectivity index (χ0v) is 13.1. The zero-order valence-electron chi connectivity index (χ0n) is 11.6. The minimum Gasteiger partial charge on any atom is -0.335 e. The number of nitriles is 3. The van der Waals surface area contributed by atoms with Crippen LogP contribution in [0.1, 0.15) is 11.3 Å². The van der Waals surface area contributed by atoms with Crippen LogP contribution in [0.4, 0.5) is 5.69 Å². The van der Waals surface area contributed by atoms with E-state index >= 15 is 0 Å². The van der Waals surface area contributed by atoms with Crippen molar-refractivity contribution in [3.05, 3.63) is 41.6 Å². The Kier molecular flexibility index (Phi) is 6.01. The van der Waals surface area contributed by atoms with Crippen LogP contribution in [-0.4, -0.2) is 4.57 Å². The highest BCUT2D eigenvalue weighted by Crippen LogP contribution is 2.25. The van der Waals surface area contributed by atoms with E-state index < -0.39 is 0 Å². The number of aryl methyl sites for hydroxylation is 1. The highest BCUT2D eigenvalue weighted by molar-refractivity contribution is 9.12. The molecule has 104 valence electrons. The van der Waals surface area contributed by atoms with Gasteiger partial charge in [-0.25, -0.2) is 0 Å². The molecule has 0 saturated carbocycles. The molecule has 0 aliphatic carbocycles. The number of nitrogens with zero attached hydrogens (tertiary/aromatic N) is 4. The quantitative estimate of drug-likeness (QED) is 0.667. The second-order valence-electron chi connectivity index (χ2n) is 4.13. The molecule has 2 rings (SSSR count).